The first-order chi connectivity index (χ1) is 2.41. The first-order valence-corrected chi connectivity index (χ1v) is 1.65. The standard InChI is InChI=1S/C5H8.4CH4.CH3/c1-3-5-4-2;;;;;/h3-5H,1H2,2H3;4*1H4;1H3/q;;;;;-1. The van der Waals surface area contributed by atoms with E-state index in [9.17, 15) is 0 Å². The first-order valence-electron chi connectivity index (χ1n) is 1.65. The van der Waals surface area contributed by atoms with E-state index in [2.05, 4.69) is 6.58 Å². The highest BCUT2D eigenvalue weighted by atomic mass is 13.5. The van der Waals surface area contributed by atoms with Crippen molar-refractivity contribution >= 4 is 0 Å². The second kappa shape index (κ2) is 77.1. The summed E-state index contributed by atoms with van der Waals surface area (Å²) in [6.45, 7) is 5.42. The van der Waals surface area contributed by atoms with Crippen LogP contribution in [0.25, 0.3) is 0 Å². The molecule has 0 N–H and O–H groups in total. The molecule has 0 aromatic rings. The largest absolute Gasteiger partial charge is 0.358 e. The van der Waals surface area contributed by atoms with Crippen molar-refractivity contribution in [1.29, 1.82) is 0 Å². The summed E-state index contributed by atoms with van der Waals surface area (Å²) in [7, 11) is 0. The number of hydrogen-bond donors (Lipinski definition) is 0. The van der Waals surface area contributed by atoms with Crippen molar-refractivity contribution in [3.05, 3.63) is 32.2 Å². The van der Waals surface area contributed by atoms with E-state index in [1.807, 2.05) is 19.1 Å². The summed E-state index contributed by atoms with van der Waals surface area (Å²) in [6.07, 6.45) is 5.58. The van der Waals surface area contributed by atoms with Crippen LogP contribution in [-0.4, -0.2) is 0 Å². The maximum absolute atomic E-state index is 3.46. The van der Waals surface area contributed by atoms with E-state index in [1.54, 1.807) is 6.08 Å². The van der Waals surface area contributed by atoms with Gasteiger partial charge in [-0.15, -0.1) is 0 Å². The van der Waals surface area contributed by atoms with Crippen molar-refractivity contribution in [2.75, 3.05) is 0 Å². The van der Waals surface area contributed by atoms with Crippen molar-refractivity contribution in [2.45, 2.75) is 36.6 Å². The smallest absolute Gasteiger partial charge is 0.0467 e. The normalized spacial score (nSPS) is 4.50. The van der Waals surface area contributed by atoms with Gasteiger partial charge in [-0.05, 0) is 6.92 Å². The maximum Gasteiger partial charge on any atom is -0.0467 e. The third kappa shape index (κ3) is 143. The molecule has 0 fully saturated rings. The summed E-state index contributed by atoms with van der Waals surface area (Å²) in [5.41, 5.74) is 0. The van der Waals surface area contributed by atoms with Crippen LogP contribution in [0.4, 0.5) is 0 Å². The summed E-state index contributed by atoms with van der Waals surface area (Å²) in [6, 6.07) is 0. The van der Waals surface area contributed by atoms with Crippen LogP contribution in [0.15, 0.2) is 24.8 Å². The molecule has 0 aliphatic heterocycles. The zero-order valence-electron chi connectivity index (χ0n) is 4.44. The van der Waals surface area contributed by atoms with Gasteiger partial charge in [0.05, 0.1) is 0 Å². The Morgan fingerprint density at radius 3 is 1.30 bits per heavy atom. The monoisotopic (exact) mass is 147 g/mol. The minimum absolute atomic E-state index is 0. The number of hydrogen-bond acceptors (Lipinski definition) is 0. The minimum atomic E-state index is 0. The second-order valence-electron chi connectivity index (χ2n) is 0.761. The Morgan fingerprint density at radius 2 is 1.30 bits per heavy atom. The summed E-state index contributed by atoms with van der Waals surface area (Å²) in [5.74, 6) is 0. The van der Waals surface area contributed by atoms with Gasteiger partial charge in [0.1, 0.15) is 0 Å². The average Bonchev–Trinajstić information content (AvgIpc) is 1.41. The van der Waals surface area contributed by atoms with Crippen molar-refractivity contribution < 1.29 is 0 Å². The van der Waals surface area contributed by atoms with E-state index in [-0.39, 0.29) is 37.1 Å². The van der Waals surface area contributed by atoms with Crippen LogP contribution >= 0.6 is 0 Å². The van der Waals surface area contributed by atoms with Gasteiger partial charge in [0, 0.05) is 0 Å². The van der Waals surface area contributed by atoms with Gasteiger partial charge < -0.3 is 7.43 Å². The van der Waals surface area contributed by atoms with E-state index in [1.165, 1.54) is 0 Å². The molecule has 0 aromatic carbocycles. The molecule has 10 heavy (non-hydrogen) atoms. The van der Waals surface area contributed by atoms with Crippen molar-refractivity contribution in [1.82, 2.24) is 0 Å². The fraction of sp³-hybridized carbons (Fsp3) is 0.500. The number of rotatable bonds is 1. The summed E-state index contributed by atoms with van der Waals surface area (Å²) < 4.78 is 0. The SMILES string of the molecule is C.C.C.C.C=CC=CC.[CH3-]. The molecule has 0 heterocycles. The molecule has 0 heteroatoms. The van der Waals surface area contributed by atoms with Gasteiger partial charge in [0.25, 0.3) is 0 Å². The predicted molar refractivity (Wildman–Crippen MR) is 58.3 cm³/mol. The molecule has 0 saturated carbocycles. The van der Waals surface area contributed by atoms with Gasteiger partial charge in [-0.1, -0.05) is 54.5 Å². The third-order valence-electron chi connectivity index (χ3n) is 0.329. The maximum atomic E-state index is 3.46. The molecule has 0 unspecified atom stereocenters. The topological polar surface area (TPSA) is 0 Å². The van der Waals surface area contributed by atoms with E-state index in [4.69, 9.17) is 0 Å². The fourth-order valence-corrected chi connectivity index (χ4v) is 0.136. The molecule has 0 amide bonds. The van der Waals surface area contributed by atoms with Crippen LogP contribution in [0, 0.1) is 7.43 Å². The molecule has 0 saturated heterocycles. The van der Waals surface area contributed by atoms with Crippen LogP contribution in [0.5, 0.6) is 0 Å². The molecule has 0 rings (SSSR count). The zero-order valence-corrected chi connectivity index (χ0v) is 4.44. The van der Waals surface area contributed by atoms with E-state index in [0.29, 0.717) is 0 Å². The lowest BCUT2D eigenvalue weighted by molar-refractivity contribution is 1.74. The Morgan fingerprint density at radius 1 is 1.00 bits per heavy atom. The van der Waals surface area contributed by atoms with Gasteiger partial charge in [0.15, 0.2) is 0 Å². The van der Waals surface area contributed by atoms with Gasteiger partial charge >= 0.3 is 0 Å². The molecular weight excluding hydrogens is 120 g/mol. The van der Waals surface area contributed by atoms with Crippen LogP contribution in [0.2, 0.25) is 0 Å². The Balaban J connectivity index is -0.00000000800. The Hall–Kier alpha value is -0.520. The highest BCUT2D eigenvalue weighted by Crippen LogP contribution is 1.64. The lowest BCUT2D eigenvalue weighted by atomic mass is 10.5. The highest BCUT2D eigenvalue weighted by molar-refractivity contribution is 4.94. The van der Waals surface area contributed by atoms with Gasteiger partial charge in [-0.25, -0.2) is 0 Å². The Labute approximate surface area is 69.7 Å². The molecule has 0 aromatic heterocycles. The molecular formula is C10H27-. The Kier molecular flexibility index (Phi) is 434. The quantitative estimate of drug-likeness (QED) is 0.371. The summed E-state index contributed by atoms with van der Waals surface area (Å²) >= 11 is 0. The number of allylic oxidation sites excluding steroid dienone is 3. The van der Waals surface area contributed by atoms with E-state index in [0.717, 1.165) is 0 Å². The fourth-order valence-electron chi connectivity index (χ4n) is 0.136. The van der Waals surface area contributed by atoms with Gasteiger partial charge in [-0.3, -0.25) is 0 Å². The van der Waals surface area contributed by atoms with Crippen molar-refractivity contribution in [3.63, 3.8) is 0 Å². The van der Waals surface area contributed by atoms with Crippen molar-refractivity contribution in [2.24, 2.45) is 0 Å². The lowest BCUT2D eigenvalue weighted by Crippen LogP contribution is -1.33. The Bertz CT molecular complexity index is 42.0. The van der Waals surface area contributed by atoms with Crippen LogP contribution in [0.1, 0.15) is 36.6 Å². The minimum Gasteiger partial charge on any atom is -0.358 e. The third-order valence-corrected chi connectivity index (χ3v) is 0.329. The van der Waals surface area contributed by atoms with Gasteiger partial charge in [-0.2, -0.15) is 0 Å². The molecule has 0 aliphatic rings. The van der Waals surface area contributed by atoms with E-state index >= 15 is 0 Å². The molecule has 0 aliphatic carbocycles. The van der Waals surface area contributed by atoms with Gasteiger partial charge in [0.2, 0.25) is 0 Å². The van der Waals surface area contributed by atoms with Crippen LogP contribution < -0.4 is 0 Å². The van der Waals surface area contributed by atoms with E-state index < -0.39 is 0 Å². The molecule has 0 spiro atoms. The predicted octanol–water partition coefficient (Wildman–Crippen LogP) is 4.74. The summed E-state index contributed by atoms with van der Waals surface area (Å²) in [5, 5.41) is 0. The van der Waals surface area contributed by atoms with Crippen molar-refractivity contribution in [3.8, 4) is 0 Å². The molecule has 0 atom stereocenters. The summed E-state index contributed by atoms with van der Waals surface area (Å²) in [4.78, 5) is 0. The first kappa shape index (κ1) is 56.3. The van der Waals surface area contributed by atoms with Crippen LogP contribution in [-0.2, 0) is 0 Å². The molecule has 68 valence electrons. The molecule has 0 radical (unpaired) electrons. The lowest BCUT2D eigenvalue weighted by Gasteiger charge is -1.56. The zero-order chi connectivity index (χ0) is 4.12. The van der Waals surface area contributed by atoms with Crippen LogP contribution in [0.3, 0.4) is 0 Å². The second-order valence-corrected chi connectivity index (χ2v) is 0.761. The molecule has 0 bridgehead atoms. The highest BCUT2D eigenvalue weighted by Gasteiger charge is 1.42. The molecule has 0 nitrogen and oxygen atoms in total. The average molecular weight is 147 g/mol.